The summed E-state index contributed by atoms with van der Waals surface area (Å²) >= 11 is 0. The summed E-state index contributed by atoms with van der Waals surface area (Å²) < 4.78 is 11.1. The van der Waals surface area contributed by atoms with Gasteiger partial charge >= 0.3 is 5.97 Å². The van der Waals surface area contributed by atoms with Crippen LogP contribution >= 0.6 is 0 Å². The minimum atomic E-state index is -0.946. The van der Waals surface area contributed by atoms with Gasteiger partial charge in [0.25, 0.3) is 0 Å². The highest BCUT2D eigenvalue weighted by Gasteiger charge is 2.47. The van der Waals surface area contributed by atoms with Crippen LogP contribution in [0.5, 0.6) is 11.5 Å². The maximum Gasteiger partial charge on any atom is 0.308 e. The molecule has 0 unspecified atom stereocenters. The van der Waals surface area contributed by atoms with Gasteiger partial charge in [0.1, 0.15) is 0 Å². The molecule has 1 fully saturated rings. The number of amides is 1. The molecule has 4 rings (SSSR count). The first-order valence-corrected chi connectivity index (χ1v) is 14.9. The number of carbonyl (C=O) groups is 2. The van der Waals surface area contributed by atoms with E-state index < -0.39 is 23.8 Å². The molecule has 1 amide bonds. The van der Waals surface area contributed by atoms with Crippen molar-refractivity contribution in [1.29, 1.82) is 0 Å². The Bertz CT molecular complexity index is 1220. The number of aliphatic carboxylic acids is 1. The Kier molecular flexibility index (Phi) is 11.2. The van der Waals surface area contributed by atoms with Crippen LogP contribution in [0, 0.1) is 5.92 Å². The van der Waals surface area contributed by atoms with E-state index in [-0.39, 0.29) is 32.5 Å². The number of likely N-dealkylation sites (tertiary alicyclic amines) is 1. The first kappa shape index (κ1) is 31.7. The second-order valence-electron chi connectivity index (χ2n) is 11.6. The fourth-order valence-electron chi connectivity index (χ4n) is 6.22. The molecule has 0 saturated carbocycles. The van der Waals surface area contributed by atoms with Gasteiger partial charge in [-0.15, -0.1) is 0 Å². The van der Waals surface area contributed by atoms with E-state index in [9.17, 15) is 24.9 Å². The van der Waals surface area contributed by atoms with Gasteiger partial charge in [0.05, 0.1) is 25.7 Å². The third-order valence-corrected chi connectivity index (χ3v) is 8.43. The maximum atomic E-state index is 13.8. The lowest BCUT2D eigenvalue weighted by Crippen LogP contribution is -2.45. The summed E-state index contributed by atoms with van der Waals surface area (Å²) in [5.41, 5.74) is 2.90. The van der Waals surface area contributed by atoms with Crippen molar-refractivity contribution in [3.63, 3.8) is 0 Å². The van der Waals surface area contributed by atoms with E-state index >= 15 is 0 Å². The molecule has 3 atom stereocenters. The van der Waals surface area contributed by atoms with Crippen LogP contribution in [0.15, 0.2) is 36.4 Å². The van der Waals surface area contributed by atoms with Crippen molar-refractivity contribution < 1.29 is 34.4 Å². The van der Waals surface area contributed by atoms with Gasteiger partial charge in [0.2, 0.25) is 12.7 Å². The molecule has 0 aliphatic carbocycles. The molecule has 0 aromatic heterocycles. The van der Waals surface area contributed by atoms with Crippen molar-refractivity contribution in [3.05, 3.63) is 58.7 Å². The molecule has 0 radical (unpaired) electrons. The molecule has 42 heavy (non-hydrogen) atoms. The maximum absolute atomic E-state index is 13.8. The summed E-state index contributed by atoms with van der Waals surface area (Å²) in [7, 11) is 4.03. The van der Waals surface area contributed by atoms with E-state index in [1.54, 1.807) is 12.1 Å². The zero-order valence-electron chi connectivity index (χ0n) is 25.0. The summed E-state index contributed by atoms with van der Waals surface area (Å²) in [6.45, 7) is 4.39. The zero-order chi connectivity index (χ0) is 30.2. The van der Waals surface area contributed by atoms with E-state index in [0.29, 0.717) is 43.1 Å². The topological polar surface area (TPSA) is 123 Å². The number of carboxylic acids is 1. The monoisotopic (exact) mass is 583 g/mol. The number of rotatable bonds is 15. The first-order chi connectivity index (χ1) is 20.3. The summed E-state index contributed by atoms with van der Waals surface area (Å²) in [6, 6.07) is 10.6. The summed E-state index contributed by atoms with van der Waals surface area (Å²) in [5.74, 6) is -1.25. The number of nitrogens with zero attached hydrogens (tertiary/aromatic N) is 3. The van der Waals surface area contributed by atoms with Crippen LogP contribution in [-0.4, -0.2) is 102 Å². The highest BCUT2D eigenvalue weighted by molar-refractivity contribution is 5.79. The second kappa shape index (κ2) is 14.8. The predicted molar refractivity (Wildman–Crippen MR) is 158 cm³/mol. The fraction of sp³-hybridized carbons (Fsp3) is 0.562. The van der Waals surface area contributed by atoms with Crippen molar-refractivity contribution in [1.82, 2.24) is 14.7 Å². The summed E-state index contributed by atoms with van der Waals surface area (Å²) in [4.78, 5) is 32.8. The molecule has 2 aliphatic rings. The van der Waals surface area contributed by atoms with E-state index in [2.05, 4.69) is 11.8 Å². The average Bonchev–Trinajstić information content (AvgIpc) is 3.59. The Balaban J connectivity index is 1.67. The van der Waals surface area contributed by atoms with Gasteiger partial charge in [-0.3, -0.25) is 14.5 Å². The number of benzene rings is 2. The number of hydrogen-bond donors (Lipinski definition) is 3. The number of fused-ring (bicyclic) bond motifs is 1. The number of aliphatic hydroxyl groups excluding tert-OH is 2. The standard InChI is InChI=1S/C32H45N3O7/c1-4-5-12-34(13-8-11-33(2)3)29(38)18-35-17-26(24-14-25(20-37)31-28(16-24)41-21-42-31)30(32(39)40)27(35)15-22-9-6-7-10-23(22)19-36/h6-7,9-10,14,16,26-27,30,36-37H,4-5,8,11-13,15,17-21H2,1-3H3,(H,39,40)/t26-,27+,30-/m1/s1. The molecule has 0 spiro atoms. The quantitative estimate of drug-likeness (QED) is 0.290. The smallest absolute Gasteiger partial charge is 0.308 e. The Labute approximate surface area is 248 Å². The first-order valence-electron chi connectivity index (χ1n) is 14.9. The van der Waals surface area contributed by atoms with Crippen LogP contribution in [0.4, 0.5) is 0 Å². The number of carboxylic acid groups (broad SMARTS) is 1. The molecular weight excluding hydrogens is 538 g/mol. The lowest BCUT2D eigenvalue weighted by Gasteiger charge is -2.30. The number of unbranched alkanes of at least 4 members (excludes halogenated alkanes) is 1. The molecule has 0 bridgehead atoms. The molecule has 2 heterocycles. The van der Waals surface area contributed by atoms with Crippen molar-refractivity contribution in [2.75, 3.05) is 53.6 Å². The molecule has 10 nitrogen and oxygen atoms in total. The number of aliphatic hydroxyl groups is 2. The molecule has 230 valence electrons. The number of hydrogen-bond acceptors (Lipinski definition) is 8. The summed E-state index contributed by atoms with van der Waals surface area (Å²) in [5, 5.41) is 30.6. The Morgan fingerprint density at radius 3 is 2.36 bits per heavy atom. The Morgan fingerprint density at radius 1 is 0.976 bits per heavy atom. The predicted octanol–water partition coefficient (Wildman–Crippen LogP) is 2.69. The van der Waals surface area contributed by atoms with Crippen molar-refractivity contribution >= 4 is 11.9 Å². The van der Waals surface area contributed by atoms with Gasteiger partial charge in [0, 0.05) is 37.2 Å². The molecule has 2 aromatic rings. The third kappa shape index (κ3) is 7.42. The van der Waals surface area contributed by atoms with E-state index in [1.165, 1.54) is 0 Å². The normalized spacial score (nSPS) is 19.9. The van der Waals surface area contributed by atoms with E-state index in [0.717, 1.165) is 42.5 Å². The Morgan fingerprint density at radius 2 is 1.69 bits per heavy atom. The molecule has 1 saturated heterocycles. The van der Waals surface area contributed by atoms with Crippen LogP contribution in [0.1, 0.15) is 54.4 Å². The van der Waals surface area contributed by atoms with Crippen LogP contribution in [-0.2, 0) is 29.2 Å². The molecule has 2 aromatic carbocycles. The molecule has 10 heteroatoms. The zero-order valence-corrected chi connectivity index (χ0v) is 25.0. The van der Waals surface area contributed by atoms with E-state index in [1.807, 2.05) is 48.2 Å². The van der Waals surface area contributed by atoms with E-state index in [4.69, 9.17) is 9.47 Å². The number of ether oxygens (including phenoxy) is 2. The highest BCUT2D eigenvalue weighted by Crippen LogP contribution is 2.44. The molecule has 3 N–H and O–H groups in total. The van der Waals surface area contributed by atoms with Gasteiger partial charge in [0.15, 0.2) is 11.5 Å². The van der Waals surface area contributed by atoms with Crippen molar-refractivity contribution in [3.8, 4) is 11.5 Å². The molecular formula is C32H45N3O7. The van der Waals surface area contributed by atoms with Crippen LogP contribution in [0.2, 0.25) is 0 Å². The fourth-order valence-corrected chi connectivity index (χ4v) is 6.22. The highest BCUT2D eigenvalue weighted by atomic mass is 16.7. The van der Waals surface area contributed by atoms with Crippen LogP contribution in [0.25, 0.3) is 0 Å². The average molecular weight is 584 g/mol. The largest absolute Gasteiger partial charge is 0.481 e. The lowest BCUT2D eigenvalue weighted by molar-refractivity contribution is -0.143. The minimum Gasteiger partial charge on any atom is -0.481 e. The minimum absolute atomic E-state index is 0.00540. The molecule has 2 aliphatic heterocycles. The van der Waals surface area contributed by atoms with Gasteiger partial charge in [-0.1, -0.05) is 37.6 Å². The van der Waals surface area contributed by atoms with Crippen molar-refractivity contribution in [2.45, 2.75) is 57.8 Å². The van der Waals surface area contributed by atoms with Crippen LogP contribution < -0.4 is 9.47 Å². The lowest BCUT2D eigenvalue weighted by atomic mass is 9.82. The van der Waals surface area contributed by atoms with Crippen molar-refractivity contribution in [2.24, 2.45) is 5.92 Å². The van der Waals surface area contributed by atoms with Gasteiger partial charge in [-0.25, -0.2) is 0 Å². The third-order valence-electron chi connectivity index (χ3n) is 8.43. The number of carbonyl (C=O) groups excluding carboxylic acids is 1. The summed E-state index contributed by atoms with van der Waals surface area (Å²) in [6.07, 6.45) is 3.12. The van der Waals surface area contributed by atoms with Gasteiger partial charge in [-0.05, 0) is 68.7 Å². The Hall–Kier alpha value is -3.18. The van der Waals surface area contributed by atoms with Gasteiger partial charge in [-0.2, -0.15) is 0 Å². The van der Waals surface area contributed by atoms with Gasteiger partial charge < -0.3 is 34.6 Å². The SMILES string of the molecule is CCCCN(CCCN(C)C)C(=O)CN1C[C@H](c2cc(CO)c3c(c2)OCO3)[C@@H](C(=O)O)[C@@H]1Cc1ccccc1CO. The van der Waals surface area contributed by atoms with Crippen LogP contribution in [0.3, 0.4) is 0 Å². The second-order valence-corrected chi connectivity index (χ2v) is 11.6.